The summed E-state index contributed by atoms with van der Waals surface area (Å²) < 4.78 is 0. The Labute approximate surface area is 151 Å². The van der Waals surface area contributed by atoms with Gasteiger partial charge in [0.2, 0.25) is 5.91 Å². The van der Waals surface area contributed by atoms with Gasteiger partial charge in [0.15, 0.2) is 0 Å². The maximum atomic E-state index is 12.9. The fourth-order valence-electron chi connectivity index (χ4n) is 3.08. The van der Waals surface area contributed by atoms with Crippen LogP contribution in [-0.2, 0) is 14.4 Å². The summed E-state index contributed by atoms with van der Waals surface area (Å²) in [7, 11) is 0. The summed E-state index contributed by atoms with van der Waals surface area (Å²) in [6, 6.07) is -1.53. The molecule has 2 amide bonds. The number of carbonyl (C=O) groups excluding carboxylic acids is 2. The van der Waals surface area contributed by atoms with Gasteiger partial charge >= 0.3 is 5.97 Å². The molecule has 0 saturated carbocycles. The van der Waals surface area contributed by atoms with Crippen LogP contribution in [-0.4, -0.2) is 55.9 Å². The van der Waals surface area contributed by atoms with Crippen molar-refractivity contribution in [1.82, 2.24) is 10.2 Å². The first-order chi connectivity index (χ1) is 11.3. The van der Waals surface area contributed by atoms with Crippen LogP contribution in [0.2, 0.25) is 0 Å². The van der Waals surface area contributed by atoms with Crippen LogP contribution in [0, 0.1) is 11.8 Å². The van der Waals surface area contributed by atoms with Gasteiger partial charge in [-0.2, -0.15) is 0 Å². The Morgan fingerprint density at radius 1 is 1.46 bits per heavy atom. The van der Waals surface area contributed by atoms with E-state index in [9.17, 15) is 19.5 Å². The molecule has 0 aromatic carbocycles. The maximum Gasteiger partial charge on any atom is 0.327 e. The lowest BCUT2D eigenvalue weighted by atomic mass is 10.0. The summed E-state index contributed by atoms with van der Waals surface area (Å²) in [5.41, 5.74) is 0. The molecule has 2 saturated heterocycles. The number of nitrogens with one attached hydrogen (secondary N) is 1. The first-order valence-electron chi connectivity index (χ1n) is 8.29. The first kappa shape index (κ1) is 19.2. The number of fused-ring (bicyclic) bond motifs is 1. The molecule has 2 N–H and O–H groups in total. The van der Waals surface area contributed by atoms with Crippen molar-refractivity contribution in [2.75, 3.05) is 5.75 Å². The van der Waals surface area contributed by atoms with Crippen molar-refractivity contribution in [1.29, 1.82) is 0 Å². The van der Waals surface area contributed by atoms with Crippen LogP contribution in [0.4, 0.5) is 0 Å². The lowest BCUT2D eigenvalue weighted by molar-refractivity contribution is -0.150. The van der Waals surface area contributed by atoms with E-state index >= 15 is 0 Å². The van der Waals surface area contributed by atoms with Crippen molar-refractivity contribution in [3.8, 4) is 0 Å². The Hall–Kier alpha value is -1.15. The molecule has 0 spiro atoms. The summed E-state index contributed by atoms with van der Waals surface area (Å²) in [6.45, 7) is 5.86. The third-order valence-corrected chi connectivity index (χ3v) is 6.99. The summed E-state index contributed by atoms with van der Waals surface area (Å²) >= 11 is 6.70. The zero-order valence-corrected chi connectivity index (χ0v) is 15.8. The molecule has 0 unspecified atom stereocenters. The number of carboxylic acid groups (broad SMARTS) is 1. The van der Waals surface area contributed by atoms with Crippen molar-refractivity contribution in [3.63, 3.8) is 0 Å². The number of nitrogens with zero attached hydrogens (tertiary/aromatic N) is 1. The second-order valence-electron chi connectivity index (χ2n) is 6.58. The summed E-state index contributed by atoms with van der Waals surface area (Å²) in [6.07, 6.45) is 2.02. The molecule has 6 nitrogen and oxygen atoms in total. The number of aliphatic carboxylic acids is 1. The van der Waals surface area contributed by atoms with Gasteiger partial charge in [-0.15, -0.1) is 11.8 Å². The number of hydrogen-bond acceptors (Lipinski definition) is 5. The second kappa shape index (κ2) is 7.82. The molecular formula is C16H24N2O4S2. The maximum absolute atomic E-state index is 12.9. The highest BCUT2D eigenvalue weighted by Crippen LogP contribution is 2.38. The standard InChI is InChI=1S/C16H24N2O4S2/c1-4-8(2)12(23)13(19)17-10-6-5-9(3)15-18(14(10)20)11(7-24-15)16(21)22/h8-11,15H,4-7H2,1-3H3,(H,17,19)(H,21,22)/t8-,9+,10-,11-,15+/m0/s1. The van der Waals surface area contributed by atoms with Crippen molar-refractivity contribution in [2.45, 2.75) is 57.5 Å². The molecule has 2 heterocycles. The van der Waals surface area contributed by atoms with E-state index in [0.717, 1.165) is 12.8 Å². The Morgan fingerprint density at radius 3 is 2.71 bits per heavy atom. The van der Waals surface area contributed by atoms with Crippen molar-refractivity contribution >= 4 is 46.6 Å². The van der Waals surface area contributed by atoms with E-state index in [-0.39, 0.29) is 29.0 Å². The van der Waals surface area contributed by atoms with E-state index < -0.39 is 18.1 Å². The van der Waals surface area contributed by atoms with E-state index in [1.807, 2.05) is 20.8 Å². The summed E-state index contributed by atoms with van der Waals surface area (Å²) in [5.74, 6) is -1.13. The summed E-state index contributed by atoms with van der Waals surface area (Å²) in [5, 5.41) is 12.0. The number of hydrogen-bond donors (Lipinski definition) is 2. The van der Waals surface area contributed by atoms with E-state index in [0.29, 0.717) is 17.0 Å². The van der Waals surface area contributed by atoms with E-state index in [2.05, 4.69) is 5.32 Å². The van der Waals surface area contributed by atoms with Gasteiger partial charge in [0.25, 0.3) is 5.91 Å². The minimum atomic E-state index is -0.993. The van der Waals surface area contributed by atoms with Crippen LogP contribution in [0.5, 0.6) is 0 Å². The molecule has 0 aromatic rings. The minimum absolute atomic E-state index is 0.0262. The zero-order chi connectivity index (χ0) is 18.0. The lowest BCUT2D eigenvalue weighted by Gasteiger charge is -2.30. The van der Waals surface area contributed by atoms with Gasteiger partial charge in [-0.25, -0.2) is 4.79 Å². The molecule has 2 fully saturated rings. The monoisotopic (exact) mass is 372 g/mol. The molecule has 0 aliphatic carbocycles. The number of amides is 2. The van der Waals surface area contributed by atoms with Gasteiger partial charge in [0.05, 0.1) is 10.2 Å². The molecule has 2 rings (SSSR count). The third kappa shape index (κ3) is 3.74. The Bertz CT molecular complexity index is 554. The normalized spacial score (nSPS) is 31.1. The number of carboxylic acids is 1. The van der Waals surface area contributed by atoms with Crippen molar-refractivity contribution in [2.24, 2.45) is 11.8 Å². The molecule has 8 heteroatoms. The van der Waals surface area contributed by atoms with Crippen molar-refractivity contribution < 1.29 is 19.5 Å². The first-order valence-corrected chi connectivity index (χ1v) is 9.74. The summed E-state index contributed by atoms with van der Waals surface area (Å²) in [4.78, 5) is 38.4. The predicted octanol–water partition coefficient (Wildman–Crippen LogP) is 1.67. The predicted molar refractivity (Wildman–Crippen MR) is 96.9 cm³/mol. The van der Waals surface area contributed by atoms with Gasteiger partial charge in [-0.1, -0.05) is 33.0 Å². The smallest absolute Gasteiger partial charge is 0.327 e. The van der Waals surface area contributed by atoms with Crippen LogP contribution < -0.4 is 5.32 Å². The number of thiocarbonyl (C=S) groups is 1. The van der Waals surface area contributed by atoms with E-state index in [4.69, 9.17) is 12.2 Å². The second-order valence-corrected chi connectivity index (χ2v) is 8.17. The SMILES string of the molecule is CC[C@H](C)C(=S)C(=O)N[C@H]1CC[C@@H](C)[C@H]2SC[C@@H](C(=O)O)N2C1=O. The Kier molecular flexibility index (Phi) is 6.25. The number of carbonyl (C=O) groups is 3. The highest BCUT2D eigenvalue weighted by molar-refractivity contribution is 8.00. The van der Waals surface area contributed by atoms with Crippen LogP contribution >= 0.6 is 24.0 Å². The highest BCUT2D eigenvalue weighted by Gasteiger charge is 2.47. The minimum Gasteiger partial charge on any atom is -0.480 e. The third-order valence-electron chi connectivity index (χ3n) is 4.86. The number of thioether (sulfide) groups is 1. The van der Waals surface area contributed by atoms with Gasteiger partial charge in [-0.3, -0.25) is 9.59 Å². The van der Waals surface area contributed by atoms with Crippen molar-refractivity contribution in [3.05, 3.63) is 0 Å². The molecule has 2 aliphatic heterocycles. The van der Waals surface area contributed by atoms with Crippen LogP contribution in [0.3, 0.4) is 0 Å². The topological polar surface area (TPSA) is 86.7 Å². The van der Waals surface area contributed by atoms with Gasteiger partial charge < -0.3 is 15.3 Å². The molecule has 24 heavy (non-hydrogen) atoms. The molecule has 2 aliphatic rings. The van der Waals surface area contributed by atoms with E-state index in [1.54, 1.807) is 0 Å². The molecular weight excluding hydrogens is 348 g/mol. The zero-order valence-electron chi connectivity index (χ0n) is 14.2. The molecule has 5 atom stereocenters. The molecule has 0 bridgehead atoms. The largest absolute Gasteiger partial charge is 0.480 e. The average Bonchev–Trinajstić information content (AvgIpc) is 2.96. The van der Waals surface area contributed by atoms with Gasteiger partial charge in [-0.05, 0) is 31.1 Å². The number of rotatable bonds is 5. The molecule has 0 radical (unpaired) electrons. The molecule has 134 valence electrons. The van der Waals surface area contributed by atoms with E-state index in [1.165, 1.54) is 16.7 Å². The highest BCUT2D eigenvalue weighted by atomic mass is 32.2. The molecule has 0 aromatic heterocycles. The fraction of sp³-hybridized carbons (Fsp3) is 0.750. The Balaban J connectivity index is 2.17. The average molecular weight is 373 g/mol. The van der Waals surface area contributed by atoms with Crippen LogP contribution in [0.15, 0.2) is 0 Å². The van der Waals surface area contributed by atoms with Gasteiger partial charge in [0, 0.05) is 5.75 Å². The lowest BCUT2D eigenvalue weighted by Crippen LogP contribution is -2.54. The van der Waals surface area contributed by atoms with Crippen LogP contribution in [0.1, 0.15) is 40.0 Å². The Morgan fingerprint density at radius 2 is 2.12 bits per heavy atom. The fourth-order valence-corrected chi connectivity index (χ4v) is 4.87. The quantitative estimate of drug-likeness (QED) is 0.714. The van der Waals surface area contributed by atoms with Gasteiger partial charge in [0.1, 0.15) is 12.1 Å². The van der Waals surface area contributed by atoms with Crippen LogP contribution in [0.25, 0.3) is 0 Å².